The van der Waals surface area contributed by atoms with E-state index >= 15 is 0 Å². The van der Waals surface area contributed by atoms with E-state index in [1.165, 1.54) is 4.90 Å². The Kier molecular flexibility index (Phi) is 7.09. The first kappa shape index (κ1) is 21.8. The maximum atomic E-state index is 12.5. The Balaban J connectivity index is 2.96. The first-order chi connectivity index (χ1) is 11.9. The van der Waals surface area contributed by atoms with Crippen LogP contribution in [0.15, 0.2) is 0 Å². The first-order valence-corrected chi connectivity index (χ1v) is 8.57. The molecule has 2 N–H and O–H groups in total. The van der Waals surface area contributed by atoms with Crippen LogP contribution in [0.5, 0.6) is 11.5 Å². The summed E-state index contributed by atoms with van der Waals surface area (Å²) in [4.78, 5) is 24.6. The number of halogens is 1. The zero-order valence-electron chi connectivity index (χ0n) is 15.7. The molecule has 7 heteroatoms. The van der Waals surface area contributed by atoms with Gasteiger partial charge in [-0.2, -0.15) is 0 Å². The lowest BCUT2D eigenvalue weighted by atomic mass is 9.78. The van der Waals surface area contributed by atoms with Gasteiger partial charge in [-0.1, -0.05) is 27.0 Å². The van der Waals surface area contributed by atoms with Gasteiger partial charge in [0.1, 0.15) is 11.5 Å². The van der Waals surface area contributed by atoms with Crippen molar-refractivity contribution in [1.29, 1.82) is 0 Å². The van der Waals surface area contributed by atoms with Crippen molar-refractivity contribution in [3.63, 3.8) is 0 Å². The number of hydrogen-bond acceptors (Lipinski definition) is 5. The molecule has 0 bridgehead atoms. The molecule has 0 spiro atoms. The standard InChI is InChI=1S/C19H26ClNO5/c1-11-12(2)17(24)15(13(3)16(11)23)19(4,5)10-14(22)21(6)8-7-9-26-18(20)25/h23-24H,2-3,7-10H2,1,4-6H3. The van der Waals surface area contributed by atoms with Crippen molar-refractivity contribution in [1.82, 2.24) is 4.90 Å². The normalized spacial score (nSPS) is 11.3. The van der Waals surface area contributed by atoms with Crippen LogP contribution in [-0.4, -0.2) is 46.6 Å². The second-order valence-corrected chi connectivity index (χ2v) is 7.28. The minimum Gasteiger partial charge on any atom is -0.507 e. The van der Waals surface area contributed by atoms with Gasteiger partial charge in [0.25, 0.3) is 0 Å². The van der Waals surface area contributed by atoms with Gasteiger partial charge in [-0.05, 0) is 13.3 Å². The molecule has 0 unspecified atom stereocenters. The number of carbonyl (C=O) groups excluding carboxylic acids is 2. The fourth-order valence-electron chi connectivity index (χ4n) is 2.87. The molecule has 0 atom stereocenters. The van der Waals surface area contributed by atoms with Crippen LogP contribution in [0.4, 0.5) is 4.79 Å². The van der Waals surface area contributed by atoms with Gasteiger partial charge in [0.05, 0.1) is 6.61 Å². The molecule has 0 fully saturated rings. The van der Waals surface area contributed by atoms with Crippen molar-refractivity contribution in [3.05, 3.63) is 21.6 Å². The molecule has 0 saturated heterocycles. The Morgan fingerprint density at radius 2 is 1.77 bits per heavy atom. The third kappa shape index (κ3) is 4.91. The average Bonchev–Trinajstić information content (AvgIpc) is 2.54. The lowest BCUT2D eigenvalue weighted by molar-refractivity contribution is -0.131. The second-order valence-electron chi connectivity index (χ2n) is 6.97. The summed E-state index contributed by atoms with van der Waals surface area (Å²) in [5.74, 6) is -0.240. The number of benzene rings is 1. The average molecular weight is 384 g/mol. The van der Waals surface area contributed by atoms with E-state index in [2.05, 4.69) is 17.9 Å². The van der Waals surface area contributed by atoms with Crippen LogP contribution < -0.4 is 10.4 Å². The van der Waals surface area contributed by atoms with Crippen LogP contribution in [0.1, 0.15) is 37.8 Å². The van der Waals surface area contributed by atoms with Gasteiger partial charge in [-0.25, -0.2) is 4.79 Å². The summed E-state index contributed by atoms with van der Waals surface area (Å²) in [6.45, 7) is 13.4. The Morgan fingerprint density at radius 3 is 2.31 bits per heavy atom. The largest absolute Gasteiger partial charge is 0.507 e. The minimum atomic E-state index is -0.873. The van der Waals surface area contributed by atoms with Crippen molar-refractivity contribution >= 4 is 36.1 Å². The SMILES string of the molecule is C=c1c(C)c(O)c(=C)c(C(C)(C)CC(=O)N(C)CCCOC(=O)Cl)c1O. The molecule has 26 heavy (non-hydrogen) atoms. The van der Waals surface area contributed by atoms with Crippen LogP contribution in [0.25, 0.3) is 13.2 Å². The quantitative estimate of drug-likeness (QED) is 0.428. The van der Waals surface area contributed by atoms with Crippen LogP contribution in [0.3, 0.4) is 0 Å². The Bertz CT molecular complexity index is 803. The lowest BCUT2D eigenvalue weighted by Gasteiger charge is -2.29. The molecular weight excluding hydrogens is 358 g/mol. The molecule has 144 valence electrons. The highest BCUT2D eigenvalue weighted by atomic mass is 35.5. The third-order valence-corrected chi connectivity index (χ3v) is 4.58. The van der Waals surface area contributed by atoms with Crippen molar-refractivity contribution in [3.8, 4) is 11.5 Å². The molecule has 0 aliphatic carbocycles. The topological polar surface area (TPSA) is 87.1 Å². The smallest absolute Gasteiger partial charge is 0.403 e. The van der Waals surface area contributed by atoms with E-state index in [1.54, 1.807) is 27.8 Å². The van der Waals surface area contributed by atoms with Gasteiger partial charge < -0.3 is 19.8 Å². The number of phenolic OH excluding ortho intramolecular Hbond substituents is 2. The van der Waals surface area contributed by atoms with Gasteiger partial charge in [-0.15, -0.1) is 0 Å². The molecule has 6 nitrogen and oxygen atoms in total. The number of phenols is 2. The third-order valence-electron chi connectivity index (χ3n) is 4.47. The maximum absolute atomic E-state index is 12.5. The minimum absolute atomic E-state index is 0.0282. The van der Waals surface area contributed by atoms with Crippen molar-refractivity contribution in [2.45, 2.75) is 39.0 Å². The van der Waals surface area contributed by atoms with E-state index in [0.717, 1.165) is 0 Å². The van der Waals surface area contributed by atoms with E-state index in [4.69, 9.17) is 11.6 Å². The maximum Gasteiger partial charge on any atom is 0.403 e. The summed E-state index contributed by atoms with van der Waals surface area (Å²) >= 11 is 5.08. The summed E-state index contributed by atoms with van der Waals surface area (Å²) in [6.07, 6.45) is 0.554. The van der Waals surface area contributed by atoms with Gasteiger partial charge >= 0.3 is 5.43 Å². The Morgan fingerprint density at radius 1 is 1.19 bits per heavy atom. The summed E-state index contributed by atoms with van der Waals surface area (Å²) in [5, 5.41) is 21.3. The zero-order valence-corrected chi connectivity index (χ0v) is 16.4. The van der Waals surface area contributed by atoms with Gasteiger partial charge in [-0.3, -0.25) is 4.79 Å². The highest BCUT2D eigenvalue weighted by Gasteiger charge is 2.31. The zero-order chi connectivity index (χ0) is 20.2. The number of hydrogen-bond donors (Lipinski definition) is 2. The number of amides is 1. The molecule has 1 amide bonds. The van der Waals surface area contributed by atoms with Crippen LogP contribution >= 0.6 is 11.6 Å². The fourth-order valence-corrected chi connectivity index (χ4v) is 2.95. The van der Waals surface area contributed by atoms with Gasteiger partial charge in [0.2, 0.25) is 5.91 Å². The summed E-state index contributed by atoms with van der Waals surface area (Å²) in [7, 11) is 1.64. The summed E-state index contributed by atoms with van der Waals surface area (Å²) in [6, 6.07) is 0. The van der Waals surface area contributed by atoms with Crippen molar-refractivity contribution in [2.75, 3.05) is 20.2 Å². The fraction of sp³-hybridized carbons (Fsp3) is 0.474. The highest BCUT2D eigenvalue weighted by molar-refractivity contribution is 6.61. The van der Waals surface area contributed by atoms with E-state index in [9.17, 15) is 19.8 Å². The monoisotopic (exact) mass is 383 g/mol. The lowest BCUT2D eigenvalue weighted by Crippen LogP contribution is -2.37. The van der Waals surface area contributed by atoms with Gasteiger partial charge in [0.15, 0.2) is 0 Å². The van der Waals surface area contributed by atoms with Crippen molar-refractivity contribution in [2.24, 2.45) is 0 Å². The molecular formula is C19H26ClNO5. The molecule has 0 aromatic heterocycles. The molecule has 0 aliphatic heterocycles. The number of aromatic hydroxyl groups is 2. The number of nitrogens with zero attached hydrogens (tertiary/aromatic N) is 1. The molecule has 0 heterocycles. The summed E-state index contributed by atoms with van der Waals surface area (Å²) in [5.41, 5.74) is -0.776. The Labute approximate surface area is 158 Å². The second kappa shape index (κ2) is 8.45. The predicted octanol–water partition coefficient (Wildman–Crippen LogP) is 2.12. The first-order valence-electron chi connectivity index (χ1n) is 8.19. The Hall–Kier alpha value is -2.21. The van der Waals surface area contributed by atoms with Gasteiger partial charge in [0, 0.05) is 58.6 Å². The highest BCUT2D eigenvalue weighted by Crippen LogP contribution is 2.31. The number of rotatable bonds is 7. The number of ether oxygens (including phenoxy) is 1. The van der Waals surface area contributed by atoms with E-state index in [-0.39, 0.29) is 30.4 Å². The van der Waals surface area contributed by atoms with Crippen LogP contribution in [0.2, 0.25) is 0 Å². The van der Waals surface area contributed by atoms with Crippen LogP contribution in [0, 0.1) is 6.92 Å². The summed E-state index contributed by atoms with van der Waals surface area (Å²) < 4.78 is 4.62. The molecule has 0 aliphatic rings. The molecule has 0 saturated carbocycles. The molecule has 1 rings (SSSR count). The van der Waals surface area contributed by atoms with E-state index in [0.29, 0.717) is 34.5 Å². The van der Waals surface area contributed by atoms with E-state index < -0.39 is 10.8 Å². The predicted molar refractivity (Wildman–Crippen MR) is 102 cm³/mol. The molecule has 1 aromatic rings. The molecule has 0 radical (unpaired) electrons. The van der Waals surface area contributed by atoms with Crippen LogP contribution in [-0.2, 0) is 14.9 Å². The number of carbonyl (C=O) groups is 2. The van der Waals surface area contributed by atoms with E-state index in [1.807, 2.05) is 0 Å². The molecule has 1 aromatic carbocycles. The van der Waals surface area contributed by atoms with Crippen molar-refractivity contribution < 1.29 is 24.5 Å².